The molecule has 0 aromatic heterocycles. The number of hydrogen-bond donors (Lipinski definition) is 13. The van der Waals surface area contributed by atoms with Gasteiger partial charge in [0.1, 0.15) is 60.9 Å². The van der Waals surface area contributed by atoms with Crippen LogP contribution in [0.5, 0.6) is 0 Å². The van der Waals surface area contributed by atoms with Crippen LogP contribution in [0.4, 0.5) is 4.79 Å². The zero-order chi connectivity index (χ0) is 32.0. The highest BCUT2D eigenvalue weighted by Crippen LogP contribution is 2.44. The molecule has 1 saturated carbocycles. The standard InChI is InChI=1S/C22H40N8O13/c1-4-22(18(37)30-21(38)43-22)15(42-16-8(27-2)12(35)9(32)5(3-31)40-16)17(39-4)41-14-7(29-20(25)26)10(33)6(28-19(23)24)11(34)13(14)36/h4-18,27,31-37H,3H2,1-2H3,(H,30,38)(H4,23,24,28)(H4,25,26,29)/t4-,5+,6-,7+,8+,9+,10-,11+,12+,13-,14-,15+,16+,17+,18-,22-/m1/s1. The summed E-state index contributed by atoms with van der Waals surface area (Å²) in [5, 5.41) is 79.4. The second-order valence-electron chi connectivity index (χ2n) is 10.7. The molecule has 3 saturated heterocycles. The minimum Gasteiger partial charge on any atom is -0.432 e. The van der Waals surface area contributed by atoms with Gasteiger partial charge in [-0.3, -0.25) is 5.32 Å². The summed E-state index contributed by atoms with van der Waals surface area (Å²) >= 11 is 0. The third kappa shape index (κ3) is 5.91. The van der Waals surface area contributed by atoms with Gasteiger partial charge in [-0.25, -0.2) is 14.8 Å². The smallest absolute Gasteiger partial charge is 0.410 e. The number of alkyl carbamates (subject to hydrolysis) is 1. The lowest BCUT2D eigenvalue weighted by atomic mass is 9.81. The van der Waals surface area contributed by atoms with Gasteiger partial charge in [-0.05, 0) is 14.0 Å². The fourth-order valence-corrected chi connectivity index (χ4v) is 5.90. The molecule has 16 atom stereocenters. The van der Waals surface area contributed by atoms with Crippen LogP contribution in [0.25, 0.3) is 0 Å². The summed E-state index contributed by atoms with van der Waals surface area (Å²) in [5.41, 5.74) is 19.9. The van der Waals surface area contributed by atoms with Crippen molar-refractivity contribution in [2.45, 2.75) is 104 Å². The minimum atomic E-state index is -2.03. The molecule has 3 aliphatic heterocycles. The van der Waals surface area contributed by atoms with E-state index >= 15 is 0 Å². The van der Waals surface area contributed by atoms with Gasteiger partial charge in [0.05, 0.1) is 12.6 Å². The third-order valence-corrected chi connectivity index (χ3v) is 8.07. The number of carbonyl (C=O) groups is 1. The number of likely N-dealkylation sites (N-methyl/N-ethyl adjacent to an activating group) is 1. The van der Waals surface area contributed by atoms with Crippen molar-refractivity contribution in [2.75, 3.05) is 13.7 Å². The van der Waals surface area contributed by atoms with Crippen molar-refractivity contribution in [1.29, 1.82) is 0 Å². The van der Waals surface area contributed by atoms with Crippen LogP contribution in [-0.2, 0) is 23.7 Å². The van der Waals surface area contributed by atoms with Crippen LogP contribution in [0.2, 0.25) is 0 Å². The molecule has 0 unspecified atom stereocenters. The first-order valence-electron chi connectivity index (χ1n) is 13.3. The van der Waals surface area contributed by atoms with Gasteiger partial charge in [0.15, 0.2) is 36.8 Å². The fraction of sp³-hybridized carbons (Fsp3) is 0.864. The van der Waals surface area contributed by atoms with Crippen LogP contribution in [0, 0.1) is 0 Å². The monoisotopic (exact) mass is 624 g/mol. The summed E-state index contributed by atoms with van der Waals surface area (Å²) in [7, 11) is 1.43. The number of guanidine groups is 2. The van der Waals surface area contributed by atoms with E-state index in [2.05, 4.69) is 20.6 Å². The van der Waals surface area contributed by atoms with Gasteiger partial charge in [-0.15, -0.1) is 0 Å². The molecule has 246 valence electrons. The first kappa shape index (κ1) is 33.2. The molecule has 1 aliphatic carbocycles. The van der Waals surface area contributed by atoms with Gasteiger partial charge in [0, 0.05) is 0 Å². The Morgan fingerprint density at radius 2 is 1.53 bits per heavy atom. The average Bonchev–Trinajstić information content (AvgIpc) is 3.38. The highest BCUT2D eigenvalue weighted by molar-refractivity contribution is 5.76. The molecule has 17 N–H and O–H groups in total. The number of aliphatic hydroxyl groups excluding tert-OH is 7. The number of ether oxygens (including phenoxy) is 5. The van der Waals surface area contributed by atoms with E-state index in [-0.39, 0.29) is 0 Å². The number of nitrogens with two attached hydrogens (primary N) is 4. The second kappa shape index (κ2) is 12.7. The Balaban J connectivity index is 1.72. The molecule has 1 spiro atoms. The molecule has 0 bridgehead atoms. The van der Waals surface area contributed by atoms with Crippen molar-refractivity contribution in [3.63, 3.8) is 0 Å². The van der Waals surface area contributed by atoms with E-state index in [1.807, 2.05) is 0 Å². The molecular formula is C22H40N8O13. The number of aliphatic hydroxyl groups is 7. The summed E-state index contributed by atoms with van der Waals surface area (Å²) in [4.78, 5) is 20.0. The highest BCUT2D eigenvalue weighted by atomic mass is 16.8. The number of nitrogens with one attached hydrogen (secondary N) is 2. The van der Waals surface area contributed by atoms with Crippen LogP contribution in [0.1, 0.15) is 6.92 Å². The number of hydrogen-bond acceptors (Lipinski definition) is 16. The first-order valence-corrected chi connectivity index (χ1v) is 13.3. The van der Waals surface area contributed by atoms with Crippen molar-refractivity contribution >= 4 is 18.0 Å². The number of aliphatic imine (C=N–C) groups is 2. The van der Waals surface area contributed by atoms with E-state index in [9.17, 15) is 40.5 Å². The van der Waals surface area contributed by atoms with E-state index in [0.29, 0.717) is 0 Å². The molecule has 0 aromatic carbocycles. The van der Waals surface area contributed by atoms with Crippen molar-refractivity contribution in [3.8, 4) is 0 Å². The number of nitrogens with zero attached hydrogens (tertiary/aromatic N) is 2. The molecular weight excluding hydrogens is 584 g/mol. The summed E-state index contributed by atoms with van der Waals surface area (Å²) in [6.07, 6.45) is -20.1. The molecule has 4 aliphatic rings. The zero-order valence-electron chi connectivity index (χ0n) is 23.2. The predicted molar refractivity (Wildman–Crippen MR) is 140 cm³/mol. The lowest BCUT2D eigenvalue weighted by molar-refractivity contribution is -0.318. The van der Waals surface area contributed by atoms with E-state index in [1.165, 1.54) is 14.0 Å². The van der Waals surface area contributed by atoms with Crippen LogP contribution in [0.15, 0.2) is 9.98 Å². The van der Waals surface area contributed by atoms with E-state index in [1.54, 1.807) is 0 Å². The van der Waals surface area contributed by atoms with Crippen molar-refractivity contribution in [2.24, 2.45) is 32.9 Å². The van der Waals surface area contributed by atoms with Gasteiger partial charge in [0.2, 0.25) is 5.60 Å². The topological polar surface area (TPSA) is 358 Å². The van der Waals surface area contributed by atoms with Crippen molar-refractivity contribution in [1.82, 2.24) is 10.6 Å². The van der Waals surface area contributed by atoms with Crippen LogP contribution < -0.4 is 33.6 Å². The van der Waals surface area contributed by atoms with E-state index in [4.69, 9.17) is 46.6 Å². The van der Waals surface area contributed by atoms with Gasteiger partial charge in [0.25, 0.3) is 0 Å². The Hall–Kier alpha value is -2.67. The number of rotatable bonds is 8. The maximum absolute atomic E-state index is 12.3. The fourth-order valence-electron chi connectivity index (χ4n) is 5.90. The van der Waals surface area contributed by atoms with Gasteiger partial charge < -0.3 is 87.7 Å². The van der Waals surface area contributed by atoms with E-state index in [0.717, 1.165) is 0 Å². The average molecular weight is 625 g/mol. The number of amides is 1. The predicted octanol–water partition coefficient (Wildman–Crippen LogP) is -8.29. The molecule has 43 heavy (non-hydrogen) atoms. The third-order valence-electron chi connectivity index (χ3n) is 8.07. The zero-order valence-corrected chi connectivity index (χ0v) is 23.2. The molecule has 4 rings (SSSR count). The maximum Gasteiger partial charge on any atom is 0.410 e. The SMILES string of the molecule is CN[C@@H]1[C@H](O[C@H]2[C@H](O[C@H]3[C@H](O)[C@@H](O)[C@H](N=C(N)N)[C@@H](O)[C@@H]3N=C(N)N)O[C@H](C)[C@@]23OC(=O)N[C@@H]3O)O[C@@H](CO)[C@H](O)[C@H]1O. The summed E-state index contributed by atoms with van der Waals surface area (Å²) in [6, 6.07) is -4.12. The maximum atomic E-state index is 12.3. The molecule has 21 heteroatoms. The van der Waals surface area contributed by atoms with Gasteiger partial charge >= 0.3 is 6.09 Å². The molecule has 4 fully saturated rings. The Morgan fingerprint density at radius 1 is 0.907 bits per heavy atom. The normalized spacial score (nSPS) is 48.0. The van der Waals surface area contributed by atoms with Crippen LogP contribution in [-0.4, -0.2) is 165 Å². The minimum absolute atomic E-state index is 0.508. The molecule has 1 amide bonds. The quantitative estimate of drug-likeness (QED) is 0.0880. The van der Waals surface area contributed by atoms with Crippen molar-refractivity contribution in [3.05, 3.63) is 0 Å². The first-order chi connectivity index (χ1) is 20.2. The summed E-state index contributed by atoms with van der Waals surface area (Å²) in [6.45, 7) is 0.705. The number of carbonyl (C=O) groups excluding carboxylic acids is 1. The lowest BCUT2D eigenvalue weighted by Gasteiger charge is -2.46. The van der Waals surface area contributed by atoms with Gasteiger partial charge in [-0.1, -0.05) is 0 Å². The lowest BCUT2D eigenvalue weighted by Crippen LogP contribution is -2.67. The Labute approximate surface area is 244 Å². The van der Waals surface area contributed by atoms with Crippen LogP contribution in [0.3, 0.4) is 0 Å². The Kier molecular flexibility index (Phi) is 9.85. The summed E-state index contributed by atoms with van der Waals surface area (Å²) < 4.78 is 29.2. The largest absolute Gasteiger partial charge is 0.432 e. The van der Waals surface area contributed by atoms with E-state index < -0.39 is 122 Å². The van der Waals surface area contributed by atoms with Crippen molar-refractivity contribution < 1.29 is 64.2 Å². The molecule has 0 aromatic rings. The molecule has 21 nitrogen and oxygen atoms in total. The Morgan fingerprint density at radius 3 is 2.07 bits per heavy atom. The highest BCUT2D eigenvalue weighted by Gasteiger charge is 2.69. The van der Waals surface area contributed by atoms with Crippen LogP contribution >= 0.6 is 0 Å². The molecule has 0 radical (unpaired) electrons. The second-order valence-corrected chi connectivity index (χ2v) is 10.7. The summed E-state index contributed by atoms with van der Waals surface area (Å²) in [5.74, 6) is -1.04. The molecule has 3 heterocycles. The van der Waals surface area contributed by atoms with Gasteiger partial charge in [-0.2, -0.15) is 0 Å². The Bertz CT molecular complexity index is 1070.